The molecule has 2 N–H and O–H groups in total. The van der Waals surface area contributed by atoms with Gasteiger partial charge < -0.3 is 9.73 Å². The van der Waals surface area contributed by atoms with E-state index in [-0.39, 0.29) is 10.9 Å². The maximum absolute atomic E-state index is 11.9. The molecule has 0 aliphatic carbocycles. The van der Waals surface area contributed by atoms with Crippen molar-refractivity contribution >= 4 is 55.6 Å². The van der Waals surface area contributed by atoms with E-state index >= 15 is 0 Å². The zero-order valence-corrected chi connectivity index (χ0v) is 13.7. The second-order valence-corrected chi connectivity index (χ2v) is 5.76. The maximum atomic E-state index is 11.9. The van der Waals surface area contributed by atoms with Crippen molar-refractivity contribution in [3.63, 3.8) is 0 Å². The van der Waals surface area contributed by atoms with E-state index in [4.69, 9.17) is 16.6 Å². The van der Waals surface area contributed by atoms with Crippen LogP contribution in [0.3, 0.4) is 0 Å². The van der Waals surface area contributed by atoms with Gasteiger partial charge >= 0.3 is 0 Å². The molecule has 1 amide bonds. The smallest absolute Gasteiger partial charge is 0.293 e. The molecule has 4 nitrogen and oxygen atoms in total. The number of thiocarbonyl (C=S) groups is 1. The quantitative estimate of drug-likeness (QED) is 0.655. The number of furan rings is 1. The molecule has 1 heterocycles. The van der Waals surface area contributed by atoms with Crippen LogP contribution in [0.25, 0.3) is 10.8 Å². The van der Waals surface area contributed by atoms with Gasteiger partial charge in [0.25, 0.3) is 5.91 Å². The Morgan fingerprint density at radius 3 is 2.55 bits per heavy atom. The van der Waals surface area contributed by atoms with E-state index < -0.39 is 5.91 Å². The number of halogens is 1. The molecule has 0 aliphatic heterocycles. The number of anilines is 1. The average molecular weight is 375 g/mol. The van der Waals surface area contributed by atoms with Crippen molar-refractivity contribution in [3.05, 3.63) is 65.0 Å². The van der Waals surface area contributed by atoms with Crippen LogP contribution < -0.4 is 10.6 Å². The van der Waals surface area contributed by atoms with Gasteiger partial charge in [-0.15, -0.1) is 0 Å². The van der Waals surface area contributed by atoms with Crippen molar-refractivity contribution in [2.45, 2.75) is 0 Å². The third-order valence-corrected chi connectivity index (χ3v) is 3.66. The molecule has 0 atom stereocenters. The lowest BCUT2D eigenvalue weighted by Crippen LogP contribution is -2.33. The highest BCUT2D eigenvalue weighted by atomic mass is 79.9. The third-order valence-electron chi connectivity index (χ3n) is 3.03. The molecule has 0 spiro atoms. The lowest BCUT2D eigenvalue weighted by molar-refractivity contribution is 0.0949. The Labute approximate surface area is 140 Å². The summed E-state index contributed by atoms with van der Waals surface area (Å²) in [4.78, 5) is 11.9. The van der Waals surface area contributed by atoms with Gasteiger partial charge in [-0.2, -0.15) is 0 Å². The summed E-state index contributed by atoms with van der Waals surface area (Å²) in [5, 5.41) is 8.01. The fraction of sp³-hybridized carbons (Fsp3) is 0. The predicted octanol–water partition coefficient (Wildman–Crippen LogP) is 4.32. The lowest BCUT2D eigenvalue weighted by Gasteiger charge is -2.09. The summed E-state index contributed by atoms with van der Waals surface area (Å²) in [6.07, 6.45) is 0. The Morgan fingerprint density at radius 2 is 1.82 bits per heavy atom. The van der Waals surface area contributed by atoms with Gasteiger partial charge in [0, 0.05) is 5.69 Å². The molecule has 3 rings (SSSR count). The second-order valence-electron chi connectivity index (χ2n) is 4.57. The average Bonchev–Trinajstić information content (AvgIpc) is 2.94. The Morgan fingerprint density at radius 1 is 1.05 bits per heavy atom. The molecule has 1 aromatic heterocycles. The van der Waals surface area contributed by atoms with Crippen molar-refractivity contribution in [2.75, 3.05) is 5.32 Å². The molecule has 3 aromatic rings. The Balaban J connectivity index is 1.69. The lowest BCUT2D eigenvalue weighted by atomic mass is 10.1. The monoisotopic (exact) mass is 374 g/mol. The standard InChI is InChI=1S/C16H11BrN2O2S/c17-14-8-7-13(21-14)15(20)19-16(22)18-12-6-5-10-3-1-2-4-11(10)9-12/h1-9H,(H2,18,19,20,22). The van der Waals surface area contributed by atoms with E-state index in [0.29, 0.717) is 4.67 Å². The molecule has 110 valence electrons. The molecule has 0 radical (unpaired) electrons. The first-order chi connectivity index (χ1) is 10.6. The molecular weight excluding hydrogens is 364 g/mol. The van der Waals surface area contributed by atoms with Gasteiger partial charge in [0.1, 0.15) is 0 Å². The van der Waals surface area contributed by atoms with Gasteiger partial charge in [0.2, 0.25) is 0 Å². The summed E-state index contributed by atoms with van der Waals surface area (Å²) >= 11 is 8.29. The molecule has 0 saturated heterocycles. The fourth-order valence-corrected chi connectivity index (χ4v) is 2.55. The predicted molar refractivity (Wildman–Crippen MR) is 94.0 cm³/mol. The number of fused-ring (bicyclic) bond motifs is 1. The van der Waals surface area contributed by atoms with E-state index in [2.05, 4.69) is 26.6 Å². The normalized spacial score (nSPS) is 10.4. The van der Waals surface area contributed by atoms with Crippen molar-refractivity contribution < 1.29 is 9.21 Å². The van der Waals surface area contributed by atoms with E-state index in [1.807, 2.05) is 42.5 Å². The molecule has 0 fully saturated rings. The molecule has 2 aromatic carbocycles. The molecule has 0 aliphatic rings. The largest absolute Gasteiger partial charge is 0.444 e. The fourth-order valence-electron chi connectivity index (χ4n) is 2.03. The molecular formula is C16H11BrN2O2S. The highest BCUT2D eigenvalue weighted by molar-refractivity contribution is 9.10. The topological polar surface area (TPSA) is 54.3 Å². The molecule has 0 bridgehead atoms. The van der Waals surface area contributed by atoms with Crippen LogP contribution in [0.2, 0.25) is 0 Å². The minimum Gasteiger partial charge on any atom is -0.444 e. The number of rotatable bonds is 2. The van der Waals surface area contributed by atoms with E-state index in [0.717, 1.165) is 16.5 Å². The zero-order valence-electron chi connectivity index (χ0n) is 11.3. The van der Waals surface area contributed by atoms with Crippen molar-refractivity contribution in [3.8, 4) is 0 Å². The van der Waals surface area contributed by atoms with Crippen molar-refractivity contribution in [2.24, 2.45) is 0 Å². The van der Waals surface area contributed by atoms with Crippen LogP contribution >= 0.6 is 28.1 Å². The number of nitrogens with one attached hydrogen (secondary N) is 2. The summed E-state index contributed by atoms with van der Waals surface area (Å²) in [7, 11) is 0. The molecule has 0 saturated carbocycles. The van der Waals surface area contributed by atoms with E-state index in [1.54, 1.807) is 12.1 Å². The summed E-state index contributed by atoms with van der Waals surface area (Å²) in [6, 6.07) is 17.1. The van der Waals surface area contributed by atoms with Gasteiger partial charge in [0.05, 0.1) is 0 Å². The van der Waals surface area contributed by atoms with Gasteiger partial charge in [-0.25, -0.2) is 0 Å². The van der Waals surface area contributed by atoms with Gasteiger partial charge in [-0.1, -0.05) is 30.3 Å². The molecule has 0 unspecified atom stereocenters. The number of benzene rings is 2. The summed E-state index contributed by atoms with van der Waals surface area (Å²) in [5.41, 5.74) is 0.810. The van der Waals surface area contributed by atoms with Crippen molar-refractivity contribution in [1.29, 1.82) is 0 Å². The SMILES string of the molecule is O=C(NC(=S)Nc1ccc2ccccc2c1)c1ccc(Br)o1. The first-order valence-corrected chi connectivity index (χ1v) is 7.68. The first-order valence-electron chi connectivity index (χ1n) is 6.48. The molecule has 6 heteroatoms. The number of hydrogen-bond donors (Lipinski definition) is 2. The number of carbonyl (C=O) groups is 1. The summed E-state index contributed by atoms with van der Waals surface area (Å²) < 4.78 is 5.66. The van der Waals surface area contributed by atoms with Crippen LogP contribution in [0, 0.1) is 0 Å². The Hall–Kier alpha value is -2.18. The number of hydrogen-bond acceptors (Lipinski definition) is 3. The van der Waals surface area contributed by atoms with Crippen LogP contribution in [0.15, 0.2) is 63.7 Å². The highest BCUT2D eigenvalue weighted by Gasteiger charge is 2.12. The van der Waals surface area contributed by atoms with Crippen LogP contribution in [-0.2, 0) is 0 Å². The summed E-state index contributed by atoms with van der Waals surface area (Å²) in [6.45, 7) is 0. The van der Waals surface area contributed by atoms with Crippen LogP contribution in [0.5, 0.6) is 0 Å². The van der Waals surface area contributed by atoms with Gasteiger partial charge in [0.15, 0.2) is 15.5 Å². The van der Waals surface area contributed by atoms with Crippen molar-refractivity contribution in [1.82, 2.24) is 5.32 Å². The van der Waals surface area contributed by atoms with Crippen LogP contribution in [0.4, 0.5) is 5.69 Å². The molecule has 22 heavy (non-hydrogen) atoms. The maximum Gasteiger partial charge on any atom is 0.293 e. The highest BCUT2D eigenvalue weighted by Crippen LogP contribution is 2.19. The first kappa shape index (κ1) is 14.7. The van der Waals surface area contributed by atoms with E-state index in [1.165, 1.54) is 0 Å². The minimum atomic E-state index is -0.399. The van der Waals surface area contributed by atoms with Crippen LogP contribution in [0.1, 0.15) is 10.6 Å². The Bertz CT molecular complexity index is 860. The summed E-state index contributed by atoms with van der Waals surface area (Å²) in [5.74, 6) is -0.210. The number of carbonyl (C=O) groups excluding carboxylic acids is 1. The third kappa shape index (κ3) is 3.35. The second kappa shape index (κ2) is 6.29. The van der Waals surface area contributed by atoms with Gasteiger partial charge in [-0.3, -0.25) is 10.1 Å². The van der Waals surface area contributed by atoms with Crippen LogP contribution in [-0.4, -0.2) is 11.0 Å². The zero-order chi connectivity index (χ0) is 15.5. The van der Waals surface area contributed by atoms with Gasteiger partial charge in [-0.05, 0) is 63.2 Å². The Kier molecular flexibility index (Phi) is 4.22. The van der Waals surface area contributed by atoms with E-state index in [9.17, 15) is 4.79 Å². The number of amides is 1. The minimum absolute atomic E-state index is 0.189.